The van der Waals surface area contributed by atoms with Crippen LogP contribution < -0.4 is 0 Å². The van der Waals surface area contributed by atoms with Crippen molar-refractivity contribution < 1.29 is 0 Å². The molecule has 94 valence electrons. The summed E-state index contributed by atoms with van der Waals surface area (Å²) in [4.78, 5) is 1.31. The summed E-state index contributed by atoms with van der Waals surface area (Å²) in [6.45, 7) is 4.26. The van der Waals surface area contributed by atoms with Gasteiger partial charge < -0.3 is 0 Å². The summed E-state index contributed by atoms with van der Waals surface area (Å²) in [5.74, 6) is 0.796. The van der Waals surface area contributed by atoms with E-state index in [0.29, 0.717) is 0 Å². The third kappa shape index (κ3) is 3.03. The molecule has 0 fully saturated rings. The summed E-state index contributed by atoms with van der Waals surface area (Å²) < 4.78 is 0. The topological polar surface area (TPSA) is 0 Å². The first-order chi connectivity index (χ1) is 8.59. The highest BCUT2D eigenvalue weighted by atomic mass is 35.5. The van der Waals surface area contributed by atoms with Crippen LogP contribution in [-0.2, 0) is 5.75 Å². The van der Waals surface area contributed by atoms with Gasteiger partial charge in [0, 0.05) is 20.7 Å². The van der Waals surface area contributed by atoms with Gasteiger partial charge in [0.15, 0.2) is 0 Å². The van der Waals surface area contributed by atoms with E-state index in [9.17, 15) is 0 Å². The summed E-state index contributed by atoms with van der Waals surface area (Å²) in [5, 5.41) is 1.47. The Balaban J connectivity index is 2.22. The summed E-state index contributed by atoms with van der Waals surface area (Å²) in [6.07, 6.45) is 0. The normalized spacial score (nSPS) is 10.7. The first kappa shape index (κ1) is 13.8. The average Bonchev–Trinajstić information content (AvgIpc) is 2.31. The van der Waals surface area contributed by atoms with Crippen molar-refractivity contribution in [1.82, 2.24) is 0 Å². The first-order valence-corrected chi connectivity index (χ1v) is 7.45. The molecule has 0 unspecified atom stereocenters. The highest BCUT2D eigenvalue weighted by Crippen LogP contribution is 2.34. The van der Waals surface area contributed by atoms with Crippen molar-refractivity contribution >= 4 is 35.0 Å². The molecule has 0 aromatic heterocycles. The highest BCUT2D eigenvalue weighted by Gasteiger charge is 2.08. The summed E-state index contributed by atoms with van der Waals surface area (Å²) >= 11 is 14.1. The Morgan fingerprint density at radius 3 is 1.94 bits per heavy atom. The van der Waals surface area contributed by atoms with Gasteiger partial charge in [-0.05, 0) is 42.7 Å². The van der Waals surface area contributed by atoms with Gasteiger partial charge >= 0.3 is 0 Å². The second-order valence-corrected chi connectivity index (χ2v) is 6.01. The number of aryl methyl sites for hydroxylation is 2. The van der Waals surface area contributed by atoms with Gasteiger partial charge in [0.2, 0.25) is 0 Å². The van der Waals surface area contributed by atoms with Crippen LogP contribution in [0.2, 0.25) is 10.0 Å². The molecule has 0 aliphatic carbocycles. The smallest absolute Gasteiger partial charge is 0.0461 e. The number of halogens is 2. The van der Waals surface area contributed by atoms with Crippen LogP contribution in [0, 0.1) is 13.8 Å². The van der Waals surface area contributed by atoms with Gasteiger partial charge in [0.05, 0.1) is 0 Å². The molecule has 0 spiro atoms. The minimum Gasteiger partial charge on any atom is -0.121 e. The van der Waals surface area contributed by atoms with Gasteiger partial charge in [0.1, 0.15) is 0 Å². The van der Waals surface area contributed by atoms with E-state index in [-0.39, 0.29) is 0 Å². The third-order valence-corrected chi connectivity index (χ3v) is 4.91. The largest absolute Gasteiger partial charge is 0.121 e. The Morgan fingerprint density at radius 2 is 1.39 bits per heavy atom. The van der Waals surface area contributed by atoms with Crippen molar-refractivity contribution in [2.45, 2.75) is 24.5 Å². The molecule has 0 amide bonds. The van der Waals surface area contributed by atoms with E-state index in [2.05, 4.69) is 32.0 Å². The second kappa shape index (κ2) is 6.01. The maximum atomic E-state index is 6.18. The van der Waals surface area contributed by atoms with Crippen molar-refractivity contribution in [1.29, 1.82) is 0 Å². The zero-order chi connectivity index (χ0) is 13.1. The number of rotatable bonds is 3. The lowest BCUT2D eigenvalue weighted by Gasteiger charge is -2.11. The molecule has 0 aliphatic heterocycles. The molecule has 2 aromatic rings. The van der Waals surface area contributed by atoms with E-state index in [1.54, 1.807) is 11.8 Å². The quantitative estimate of drug-likeness (QED) is 0.635. The van der Waals surface area contributed by atoms with E-state index >= 15 is 0 Å². The molecule has 2 rings (SSSR count). The SMILES string of the molecule is Cc1cccc(C)c1SCc1c(Cl)cccc1Cl. The molecule has 18 heavy (non-hydrogen) atoms. The molecule has 0 saturated heterocycles. The molecule has 0 radical (unpaired) electrons. The van der Waals surface area contributed by atoms with Gasteiger partial charge in [-0.2, -0.15) is 0 Å². The Kier molecular flexibility index (Phi) is 4.60. The fourth-order valence-corrected chi connectivity index (χ4v) is 3.72. The average molecular weight is 297 g/mol. The molecule has 0 heterocycles. The van der Waals surface area contributed by atoms with E-state index in [1.165, 1.54) is 16.0 Å². The van der Waals surface area contributed by atoms with E-state index in [1.807, 2.05) is 18.2 Å². The molecule has 0 bridgehead atoms. The van der Waals surface area contributed by atoms with Gasteiger partial charge in [-0.3, -0.25) is 0 Å². The summed E-state index contributed by atoms with van der Waals surface area (Å²) in [7, 11) is 0. The third-order valence-electron chi connectivity index (χ3n) is 2.83. The lowest BCUT2D eigenvalue weighted by Crippen LogP contribution is -1.88. The van der Waals surface area contributed by atoms with Crippen molar-refractivity contribution in [3.05, 3.63) is 63.1 Å². The summed E-state index contributed by atoms with van der Waals surface area (Å²) in [6, 6.07) is 12.0. The Bertz CT molecular complexity index is 472. The number of hydrogen-bond acceptors (Lipinski definition) is 1. The Labute approximate surface area is 122 Å². The van der Waals surface area contributed by atoms with Crippen LogP contribution in [-0.4, -0.2) is 0 Å². The van der Waals surface area contributed by atoms with E-state index in [4.69, 9.17) is 23.2 Å². The number of thioether (sulfide) groups is 1. The van der Waals surface area contributed by atoms with Crippen LogP contribution in [0.3, 0.4) is 0 Å². The predicted octanol–water partition coefficient (Wildman–Crippen LogP) is 5.90. The second-order valence-electron chi connectivity index (χ2n) is 4.21. The fourth-order valence-electron chi connectivity index (χ4n) is 1.84. The number of hydrogen-bond donors (Lipinski definition) is 0. The van der Waals surface area contributed by atoms with Gasteiger partial charge in [0.25, 0.3) is 0 Å². The lowest BCUT2D eigenvalue weighted by atomic mass is 10.2. The summed E-state index contributed by atoms with van der Waals surface area (Å²) in [5.41, 5.74) is 3.60. The van der Waals surface area contributed by atoms with Crippen LogP contribution >= 0.6 is 35.0 Å². The van der Waals surface area contributed by atoms with Gasteiger partial charge in [-0.15, -0.1) is 11.8 Å². The van der Waals surface area contributed by atoms with Crippen LogP contribution in [0.1, 0.15) is 16.7 Å². The molecule has 2 aromatic carbocycles. The van der Waals surface area contributed by atoms with Gasteiger partial charge in [-0.1, -0.05) is 47.5 Å². The molecule has 3 heteroatoms. The minimum atomic E-state index is 0.737. The molecule has 0 aliphatic rings. The fraction of sp³-hybridized carbons (Fsp3) is 0.200. The van der Waals surface area contributed by atoms with Crippen LogP contribution in [0.25, 0.3) is 0 Å². The Morgan fingerprint density at radius 1 is 0.889 bits per heavy atom. The van der Waals surface area contributed by atoms with Crippen molar-refractivity contribution in [3.63, 3.8) is 0 Å². The predicted molar refractivity (Wildman–Crippen MR) is 81.9 cm³/mol. The lowest BCUT2D eigenvalue weighted by molar-refractivity contribution is 1.21. The maximum Gasteiger partial charge on any atom is 0.0461 e. The molecular formula is C15H14Cl2S. The van der Waals surface area contributed by atoms with Gasteiger partial charge in [-0.25, -0.2) is 0 Å². The van der Waals surface area contributed by atoms with E-state index < -0.39 is 0 Å². The van der Waals surface area contributed by atoms with Crippen molar-refractivity contribution in [2.24, 2.45) is 0 Å². The monoisotopic (exact) mass is 296 g/mol. The Hall–Kier alpha value is -0.630. The standard InChI is InChI=1S/C15H14Cl2S/c1-10-5-3-6-11(2)15(10)18-9-12-13(16)7-4-8-14(12)17/h3-8H,9H2,1-2H3. The van der Waals surface area contributed by atoms with Crippen LogP contribution in [0.15, 0.2) is 41.3 Å². The van der Waals surface area contributed by atoms with Crippen LogP contribution in [0.4, 0.5) is 0 Å². The van der Waals surface area contributed by atoms with Crippen LogP contribution in [0.5, 0.6) is 0 Å². The zero-order valence-corrected chi connectivity index (χ0v) is 12.7. The van der Waals surface area contributed by atoms with Crippen molar-refractivity contribution in [2.75, 3.05) is 0 Å². The molecular weight excluding hydrogens is 283 g/mol. The molecule has 0 saturated carbocycles. The zero-order valence-electron chi connectivity index (χ0n) is 10.3. The molecule has 0 nitrogen and oxygen atoms in total. The first-order valence-electron chi connectivity index (χ1n) is 5.71. The molecule has 0 atom stereocenters. The maximum absolute atomic E-state index is 6.18. The number of benzene rings is 2. The highest BCUT2D eigenvalue weighted by molar-refractivity contribution is 7.98. The van der Waals surface area contributed by atoms with E-state index in [0.717, 1.165) is 21.4 Å². The van der Waals surface area contributed by atoms with Crippen molar-refractivity contribution in [3.8, 4) is 0 Å². The molecule has 0 N–H and O–H groups in total. The minimum absolute atomic E-state index is 0.737.